The Kier molecular flexibility index (Phi) is 5.21. The maximum absolute atomic E-state index is 12.4. The van der Waals surface area contributed by atoms with E-state index in [1.54, 1.807) is 0 Å². The van der Waals surface area contributed by atoms with Crippen LogP contribution >= 0.6 is 0 Å². The highest BCUT2D eigenvalue weighted by atomic mass is 16.6. The molecule has 0 atom stereocenters. The molecule has 27 heavy (non-hydrogen) atoms. The summed E-state index contributed by atoms with van der Waals surface area (Å²) in [6, 6.07) is 18.1. The zero-order valence-corrected chi connectivity index (χ0v) is 15.0. The summed E-state index contributed by atoms with van der Waals surface area (Å²) in [4.78, 5) is 24.6. The minimum absolute atomic E-state index is 0.0990. The molecule has 0 unspecified atom stereocenters. The molecule has 0 heterocycles. The molecule has 138 valence electrons. The number of nitrogens with one attached hydrogen (secondary N) is 1. The Morgan fingerprint density at radius 2 is 1.85 bits per heavy atom. The van der Waals surface area contributed by atoms with Crippen molar-refractivity contribution in [3.8, 4) is 5.75 Å². The Morgan fingerprint density at radius 3 is 2.56 bits per heavy atom. The molecule has 7 heteroatoms. The Morgan fingerprint density at radius 1 is 1.11 bits per heavy atom. The molecule has 0 saturated heterocycles. The van der Waals surface area contributed by atoms with Crippen molar-refractivity contribution in [3.63, 3.8) is 0 Å². The predicted octanol–water partition coefficient (Wildman–Crippen LogP) is 3.83. The van der Waals surface area contributed by atoms with E-state index in [1.165, 1.54) is 25.3 Å². The van der Waals surface area contributed by atoms with E-state index in [4.69, 9.17) is 4.74 Å². The van der Waals surface area contributed by atoms with Gasteiger partial charge in [0.15, 0.2) is 0 Å². The molecule has 0 bridgehead atoms. The lowest BCUT2D eigenvalue weighted by Crippen LogP contribution is -2.30. The van der Waals surface area contributed by atoms with Gasteiger partial charge in [0, 0.05) is 18.8 Å². The fourth-order valence-corrected chi connectivity index (χ4v) is 2.81. The molecule has 0 radical (unpaired) electrons. The van der Waals surface area contributed by atoms with Crippen molar-refractivity contribution in [1.82, 2.24) is 0 Å². The van der Waals surface area contributed by atoms with E-state index in [1.807, 2.05) is 54.4 Å². The fraction of sp³-hybridized carbons (Fsp3) is 0.150. The standard InChI is InChI=1S/C20H19N3O4/c1-22(16-8-7-14-5-3-4-6-15(14)11-16)13-20(24)21-18-10-9-17(23(25)26)12-19(18)27-2/h3-12H,13H2,1-2H3,(H,21,24). The minimum Gasteiger partial charge on any atom is -0.494 e. The number of non-ortho nitro benzene ring substituents is 1. The zero-order valence-electron chi connectivity index (χ0n) is 15.0. The van der Waals surface area contributed by atoms with Gasteiger partial charge in [-0.3, -0.25) is 14.9 Å². The van der Waals surface area contributed by atoms with Crippen molar-refractivity contribution >= 4 is 33.7 Å². The van der Waals surface area contributed by atoms with E-state index in [0.29, 0.717) is 5.69 Å². The third-order valence-corrected chi connectivity index (χ3v) is 4.22. The first-order valence-corrected chi connectivity index (χ1v) is 8.30. The number of ether oxygens (including phenoxy) is 1. The van der Waals surface area contributed by atoms with E-state index in [0.717, 1.165) is 16.5 Å². The van der Waals surface area contributed by atoms with Gasteiger partial charge in [0.1, 0.15) is 5.75 Å². The minimum atomic E-state index is -0.512. The normalized spacial score (nSPS) is 10.4. The summed E-state index contributed by atoms with van der Waals surface area (Å²) in [6.45, 7) is 0.123. The number of nitro benzene ring substituents is 1. The lowest BCUT2D eigenvalue weighted by molar-refractivity contribution is -0.384. The van der Waals surface area contributed by atoms with Crippen molar-refractivity contribution in [2.75, 3.05) is 30.9 Å². The van der Waals surface area contributed by atoms with Gasteiger partial charge in [-0.25, -0.2) is 0 Å². The number of anilines is 2. The molecule has 3 aromatic carbocycles. The van der Waals surface area contributed by atoms with E-state index >= 15 is 0 Å². The number of hydrogen-bond acceptors (Lipinski definition) is 5. The fourth-order valence-electron chi connectivity index (χ4n) is 2.81. The topological polar surface area (TPSA) is 84.7 Å². The molecule has 0 aliphatic rings. The van der Waals surface area contributed by atoms with Gasteiger partial charge >= 0.3 is 0 Å². The summed E-state index contributed by atoms with van der Waals surface area (Å²) < 4.78 is 5.14. The van der Waals surface area contributed by atoms with Crippen LogP contribution in [0.3, 0.4) is 0 Å². The van der Waals surface area contributed by atoms with E-state index in [2.05, 4.69) is 5.32 Å². The summed E-state index contributed by atoms with van der Waals surface area (Å²) in [5.41, 5.74) is 1.21. The molecule has 0 aliphatic heterocycles. The van der Waals surface area contributed by atoms with Crippen LogP contribution in [0.5, 0.6) is 5.75 Å². The van der Waals surface area contributed by atoms with Crippen LogP contribution < -0.4 is 15.0 Å². The lowest BCUT2D eigenvalue weighted by Gasteiger charge is -2.20. The van der Waals surface area contributed by atoms with E-state index < -0.39 is 4.92 Å². The van der Waals surface area contributed by atoms with Gasteiger partial charge in [0.2, 0.25) is 5.91 Å². The largest absolute Gasteiger partial charge is 0.494 e. The Hall–Kier alpha value is -3.61. The van der Waals surface area contributed by atoms with E-state index in [9.17, 15) is 14.9 Å². The van der Waals surface area contributed by atoms with Gasteiger partial charge in [0.05, 0.1) is 30.3 Å². The van der Waals surface area contributed by atoms with Crippen LogP contribution in [0.25, 0.3) is 10.8 Å². The van der Waals surface area contributed by atoms with Crippen molar-refractivity contribution in [2.45, 2.75) is 0 Å². The molecule has 7 nitrogen and oxygen atoms in total. The number of methoxy groups -OCH3 is 1. The van der Waals surface area contributed by atoms with E-state index in [-0.39, 0.29) is 23.9 Å². The molecule has 1 amide bonds. The van der Waals surface area contributed by atoms with Crippen LogP contribution in [0.4, 0.5) is 17.1 Å². The predicted molar refractivity (Wildman–Crippen MR) is 105 cm³/mol. The molecule has 3 aromatic rings. The summed E-state index contributed by atoms with van der Waals surface area (Å²) >= 11 is 0. The van der Waals surface area contributed by atoms with Crippen LogP contribution in [-0.2, 0) is 4.79 Å². The number of amides is 1. The van der Waals surface area contributed by atoms with Gasteiger partial charge < -0.3 is 15.0 Å². The molecule has 1 N–H and O–H groups in total. The Bertz CT molecular complexity index is 1000. The average Bonchev–Trinajstić information content (AvgIpc) is 2.67. The number of carbonyl (C=O) groups excluding carboxylic acids is 1. The van der Waals surface area contributed by atoms with Gasteiger partial charge in [-0.05, 0) is 29.0 Å². The smallest absolute Gasteiger partial charge is 0.273 e. The number of nitro groups is 1. The molecular weight excluding hydrogens is 346 g/mol. The number of hydrogen-bond donors (Lipinski definition) is 1. The van der Waals surface area contributed by atoms with Gasteiger partial charge in [0.25, 0.3) is 5.69 Å². The quantitative estimate of drug-likeness (QED) is 0.530. The number of carbonyl (C=O) groups is 1. The molecule has 0 fully saturated rings. The van der Waals surface area contributed by atoms with Crippen molar-refractivity contribution < 1.29 is 14.5 Å². The van der Waals surface area contributed by atoms with Gasteiger partial charge in [-0.1, -0.05) is 30.3 Å². The number of benzene rings is 3. The van der Waals surface area contributed by atoms with Crippen molar-refractivity contribution in [1.29, 1.82) is 0 Å². The number of fused-ring (bicyclic) bond motifs is 1. The first kappa shape index (κ1) is 18.2. The molecule has 0 aromatic heterocycles. The molecule has 0 spiro atoms. The van der Waals surface area contributed by atoms with Crippen LogP contribution in [0, 0.1) is 10.1 Å². The van der Waals surface area contributed by atoms with Crippen LogP contribution in [0.15, 0.2) is 60.7 Å². The average molecular weight is 365 g/mol. The third kappa shape index (κ3) is 4.14. The van der Waals surface area contributed by atoms with Crippen molar-refractivity contribution in [2.24, 2.45) is 0 Å². The van der Waals surface area contributed by atoms with Crippen molar-refractivity contribution in [3.05, 3.63) is 70.8 Å². The first-order valence-electron chi connectivity index (χ1n) is 8.30. The second kappa shape index (κ2) is 7.74. The van der Waals surface area contributed by atoms with Gasteiger partial charge in [-0.15, -0.1) is 0 Å². The lowest BCUT2D eigenvalue weighted by atomic mass is 10.1. The second-order valence-corrected chi connectivity index (χ2v) is 6.08. The maximum atomic E-state index is 12.4. The highest BCUT2D eigenvalue weighted by Crippen LogP contribution is 2.29. The Balaban J connectivity index is 1.72. The highest BCUT2D eigenvalue weighted by Gasteiger charge is 2.14. The summed E-state index contributed by atoms with van der Waals surface area (Å²) in [5, 5.41) is 15.8. The summed E-state index contributed by atoms with van der Waals surface area (Å²) in [6.07, 6.45) is 0. The van der Waals surface area contributed by atoms with Gasteiger partial charge in [-0.2, -0.15) is 0 Å². The third-order valence-electron chi connectivity index (χ3n) is 4.22. The summed E-state index contributed by atoms with van der Waals surface area (Å²) in [7, 11) is 3.23. The number of likely N-dealkylation sites (N-methyl/N-ethyl adjacent to an activating group) is 1. The number of nitrogens with zero attached hydrogens (tertiary/aromatic N) is 2. The van der Waals surface area contributed by atoms with Crippen LogP contribution in [-0.4, -0.2) is 31.5 Å². The number of rotatable bonds is 6. The zero-order chi connectivity index (χ0) is 19.4. The van der Waals surface area contributed by atoms with Crippen LogP contribution in [0.2, 0.25) is 0 Å². The van der Waals surface area contributed by atoms with Crippen LogP contribution in [0.1, 0.15) is 0 Å². The maximum Gasteiger partial charge on any atom is 0.273 e. The first-order chi connectivity index (χ1) is 13.0. The molecule has 0 saturated carbocycles. The monoisotopic (exact) mass is 365 g/mol. The SMILES string of the molecule is COc1cc([N+](=O)[O-])ccc1NC(=O)CN(C)c1ccc2ccccc2c1. The second-order valence-electron chi connectivity index (χ2n) is 6.08. The Labute approximate surface area is 156 Å². The molecule has 0 aliphatic carbocycles. The molecular formula is C20H19N3O4. The molecule has 3 rings (SSSR count). The highest BCUT2D eigenvalue weighted by molar-refractivity contribution is 5.96. The summed E-state index contributed by atoms with van der Waals surface area (Å²) in [5.74, 6) is -0.0104.